The van der Waals surface area contributed by atoms with Crippen LogP contribution in [0.2, 0.25) is 0 Å². The van der Waals surface area contributed by atoms with Crippen LogP contribution in [0.4, 0.5) is 5.82 Å². The molecular formula is C12H9N3S. The van der Waals surface area contributed by atoms with Gasteiger partial charge >= 0.3 is 0 Å². The van der Waals surface area contributed by atoms with Crippen LogP contribution in [0.3, 0.4) is 0 Å². The molecule has 78 valence electrons. The maximum Gasteiger partial charge on any atom is 0.134 e. The molecule has 0 unspecified atom stereocenters. The van der Waals surface area contributed by atoms with Crippen LogP contribution in [0.1, 0.15) is 0 Å². The van der Waals surface area contributed by atoms with E-state index in [0.717, 1.165) is 16.5 Å². The summed E-state index contributed by atoms with van der Waals surface area (Å²) in [4.78, 5) is 9.40. The van der Waals surface area contributed by atoms with Crippen LogP contribution in [-0.4, -0.2) is 9.97 Å². The Hall–Kier alpha value is -1.94. The van der Waals surface area contributed by atoms with Crippen molar-refractivity contribution in [1.82, 2.24) is 9.97 Å². The Morgan fingerprint density at radius 2 is 2.06 bits per heavy atom. The number of hydrogen-bond donors (Lipinski definition) is 1. The van der Waals surface area contributed by atoms with E-state index in [1.807, 2.05) is 18.2 Å². The van der Waals surface area contributed by atoms with Gasteiger partial charge in [0.25, 0.3) is 0 Å². The lowest BCUT2D eigenvalue weighted by atomic mass is 10.1. The molecule has 0 aliphatic carbocycles. The summed E-state index contributed by atoms with van der Waals surface area (Å²) in [5.74, 6) is 0.531. The standard InChI is InChI=1S/C12H9N3S/c13-12-9-6-8(11-2-1-5-16-11)3-4-10(9)14-7-15-12/h1-7H,(H2,13,14,15). The van der Waals surface area contributed by atoms with Crippen molar-refractivity contribution >= 4 is 28.1 Å². The lowest BCUT2D eigenvalue weighted by molar-refractivity contribution is 1.23. The molecule has 2 N–H and O–H groups in total. The number of nitrogens with two attached hydrogens (primary N) is 1. The summed E-state index contributed by atoms with van der Waals surface area (Å²) in [7, 11) is 0. The number of anilines is 1. The van der Waals surface area contributed by atoms with E-state index in [1.165, 1.54) is 11.2 Å². The van der Waals surface area contributed by atoms with Crippen LogP contribution < -0.4 is 5.73 Å². The Bertz CT molecular complexity index is 632. The molecule has 3 nitrogen and oxygen atoms in total. The second-order valence-corrected chi connectivity index (χ2v) is 4.42. The highest BCUT2D eigenvalue weighted by molar-refractivity contribution is 7.13. The van der Waals surface area contributed by atoms with Gasteiger partial charge < -0.3 is 5.73 Å². The zero-order chi connectivity index (χ0) is 11.0. The van der Waals surface area contributed by atoms with Crippen molar-refractivity contribution in [2.45, 2.75) is 0 Å². The molecule has 0 amide bonds. The van der Waals surface area contributed by atoms with Crippen LogP contribution in [-0.2, 0) is 0 Å². The summed E-state index contributed by atoms with van der Waals surface area (Å²) in [6, 6.07) is 10.2. The van der Waals surface area contributed by atoms with Gasteiger partial charge in [0.05, 0.1) is 5.52 Å². The van der Waals surface area contributed by atoms with E-state index in [1.54, 1.807) is 11.3 Å². The third-order valence-corrected chi connectivity index (χ3v) is 3.39. The fourth-order valence-electron chi connectivity index (χ4n) is 1.67. The normalized spacial score (nSPS) is 10.8. The minimum absolute atomic E-state index is 0.531. The van der Waals surface area contributed by atoms with Crippen molar-refractivity contribution in [3.8, 4) is 10.4 Å². The van der Waals surface area contributed by atoms with Crippen molar-refractivity contribution in [2.75, 3.05) is 5.73 Å². The minimum Gasteiger partial charge on any atom is -0.383 e. The van der Waals surface area contributed by atoms with Gasteiger partial charge in [-0.15, -0.1) is 11.3 Å². The Morgan fingerprint density at radius 3 is 2.88 bits per heavy atom. The molecule has 2 aromatic heterocycles. The molecule has 0 saturated heterocycles. The van der Waals surface area contributed by atoms with Gasteiger partial charge in [0.2, 0.25) is 0 Å². The molecule has 0 saturated carbocycles. The van der Waals surface area contributed by atoms with Gasteiger partial charge in [-0.3, -0.25) is 0 Å². The van der Waals surface area contributed by atoms with Crippen molar-refractivity contribution < 1.29 is 0 Å². The van der Waals surface area contributed by atoms with Gasteiger partial charge in [0.15, 0.2) is 0 Å². The van der Waals surface area contributed by atoms with E-state index in [2.05, 4.69) is 27.5 Å². The number of benzene rings is 1. The third kappa shape index (κ3) is 1.44. The molecular weight excluding hydrogens is 218 g/mol. The summed E-state index contributed by atoms with van der Waals surface area (Å²) < 4.78 is 0. The summed E-state index contributed by atoms with van der Waals surface area (Å²) in [6.45, 7) is 0. The second kappa shape index (κ2) is 3.57. The van der Waals surface area contributed by atoms with Crippen molar-refractivity contribution in [1.29, 1.82) is 0 Å². The first-order valence-electron chi connectivity index (χ1n) is 4.89. The summed E-state index contributed by atoms with van der Waals surface area (Å²) in [5, 5.41) is 2.97. The predicted molar refractivity (Wildman–Crippen MR) is 67.3 cm³/mol. The fourth-order valence-corrected chi connectivity index (χ4v) is 2.40. The quantitative estimate of drug-likeness (QED) is 0.695. The molecule has 3 aromatic rings. The highest BCUT2D eigenvalue weighted by Gasteiger charge is 2.03. The van der Waals surface area contributed by atoms with Gasteiger partial charge in [-0.25, -0.2) is 9.97 Å². The van der Waals surface area contributed by atoms with Crippen molar-refractivity contribution in [3.63, 3.8) is 0 Å². The summed E-state index contributed by atoms with van der Waals surface area (Å²) in [5.41, 5.74) is 7.87. The first-order chi connectivity index (χ1) is 7.84. The monoisotopic (exact) mass is 227 g/mol. The van der Waals surface area contributed by atoms with E-state index in [0.29, 0.717) is 5.82 Å². The third-order valence-electron chi connectivity index (χ3n) is 2.47. The molecule has 4 heteroatoms. The molecule has 0 aliphatic heterocycles. The maximum absolute atomic E-state index is 5.83. The Balaban J connectivity index is 2.27. The SMILES string of the molecule is Nc1ncnc2ccc(-c3cccs3)cc12. The Kier molecular flexibility index (Phi) is 2.08. The molecule has 0 radical (unpaired) electrons. The summed E-state index contributed by atoms with van der Waals surface area (Å²) >= 11 is 1.71. The van der Waals surface area contributed by atoms with Crippen LogP contribution in [0.15, 0.2) is 42.0 Å². The van der Waals surface area contributed by atoms with Gasteiger partial charge in [0.1, 0.15) is 12.1 Å². The molecule has 1 aromatic carbocycles. The minimum atomic E-state index is 0.531. The molecule has 3 rings (SSSR count). The van der Waals surface area contributed by atoms with Crippen molar-refractivity contribution in [3.05, 3.63) is 42.0 Å². The van der Waals surface area contributed by atoms with Gasteiger partial charge in [0, 0.05) is 10.3 Å². The van der Waals surface area contributed by atoms with Crippen molar-refractivity contribution in [2.24, 2.45) is 0 Å². The van der Waals surface area contributed by atoms with Gasteiger partial charge in [-0.05, 0) is 29.1 Å². The lowest BCUT2D eigenvalue weighted by Gasteiger charge is -2.02. The topological polar surface area (TPSA) is 51.8 Å². The smallest absolute Gasteiger partial charge is 0.134 e. The first kappa shape index (κ1) is 9.30. The molecule has 0 fully saturated rings. The number of aromatic nitrogens is 2. The number of nitrogen functional groups attached to an aromatic ring is 1. The first-order valence-corrected chi connectivity index (χ1v) is 5.77. The number of nitrogens with zero attached hydrogens (tertiary/aromatic N) is 2. The largest absolute Gasteiger partial charge is 0.383 e. The average molecular weight is 227 g/mol. The molecule has 0 bridgehead atoms. The fraction of sp³-hybridized carbons (Fsp3) is 0. The van der Waals surface area contributed by atoms with E-state index in [9.17, 15) is 0 Å². The number of hydrogen-bond acceptors (Lipinski definition) is 4. The van der Waals surface area contributed by atoms with E-state index in [-0.39, 0.29) is 0 Å². The summed E-state index contributed by atoms with van der Waals surface area (Å²) in [6.07, 6.45) is 1.49. The number of fused-ring (bicyclic) bond motifs is 1. The Labute approximate surface area is 96.6 Å². The molecule has 0 aliphatic rings. The van der Waals surface area contributed by atoms with E-state index in [4.69, 9.17) is 5.73 Å². The van der Waals surface area contributed by atoms with E-state index >= 15 is 0 Å². The molecule has 2 heterocycles. The van der Waals surface area contributed by atoms with Crippen LogP contribution in [0.5, 0.6) is 0 Å². The number of rotatable bonds is 1. The van der Waals surface area contributed by atoms with Gasteiger partial charge in [-0.1, -0.05) is 12.1 Å². The van der Waals surface area contributed by atoms with Gasteiger partial charge in [-0.2, -0.15) is 0 Å². The zero-order valence-electron chi connectivity index (χ0n) is 8.42. The van der Waals surface area contributed by atoms with Crippen LogP contribution in [0.25, 0.3) is 21.3 Å². The van der Waals surface area contributed by atoms with E-state index < -0.39 is 0 Å². The number of thiophene rings is 1. The highest BCUT2D eigenvalue weighted by atomic mass is 32.1. The molecule has 0 spiro atoms. The predicted octanol–water partition coefficient (Wildman–Crippen LogP) is 2.94. The molecule has 0 atom stereocenters. The molecule has 16 heavy (non-hydrogen) atoms. The lowest BCUT2D eigenvalue weighted by Crippen LogP contribution is -1.92. The second-order valence-electron chi connectivity index (χ2n) is 3.47. The van der Waals surface area contributed by atoms with Crippen LogP contribution >= 0.6 is 11.3 Å². The maximum atomic E-state index is 5.83. The highest BCUT2D eigenvalue weighted by Crippen LogP contribution is 2.28. The zero-order valence-corrected chi connectivity index (χ0v) is 9.24. The average Bonchev–Trinajstić information content (AvgIpc) is 2.83. The van der Waals surface area contributed by atoms with Crippen LogP contribution in [0, 0.1) is 0 Å². The Morgan fingerprint density at radius 1 is 1.12 bits per heavy atom.